The minimum absolute atomic E-state index is 0.146. The highest BCUT2D eigenvalue weighted by Crippen LogP contribution is 2.21. The number of likely N-dealkylation sites (tertiary alicyclic amines) is 1. The van der Waals surface area contributed by atoms with Crippen LogP contribution in [-0.2, 0) is 4.79 Å². The van der Waals surface area contributed by atoms with Crippen LogP contribution in [-0.4, -0.2) is 46.7 Å². The van der Waals surface area contributed by atoms with E-state index >= 15 is 0 Å². The van der Waals surface area contributed by atoms with Crippen molar-refractivity contribution in [2.24, 2.45) is 0 Å². The minimum Gasteiger partial charge on any atom is -0.508 e. The number of amides is 1. The van der Waals surface area contributed by atoms with Gasteiger partial charge in [-0.05, 0) is 43.6 Å². The molecule has 2 unspecified atom stereocenters. The summed E-state index contributed by atoms with van der Waals surface area (Å²) in [7, 11) is 0. The van der Waals surface area contributed by atoms with Gasteiger partial charge in [-0.25, -0.2) is 0 Å². The van der Waals surface area contributed by atoms with Gasteiger partial charge in [-0.1, -0.05) is 12.1 Å². The molecule has 1 saturated heterocycles. The Morgan fingerprint density at radius 2 is 1.90 bits per heavy atom. The molecule has 1 aliphatic rings. The van der Waals surface area contributed by atoms with Crippen LogP contribution < -0.4 is 5.32 Å². The highest BCUT2D eigenvalue weighted by Gasteiger charge is 2.25. The molecule has 20 heavy (non-hydrogen) atoms. The Kier molecular flexibility index (Phi) is 4.98. The van der Waals surface area contributed by atoms with E-state index < -0.39 is 6.10 Å². The molecule has 0 saturated carbocycles. The fourth-order valence-corrected chi connectivity index (χ4v) is 2.63. The van der Waals surface area contributed by atoms with Gasteiger partial charge in [-0.3, -0.25) is 4.79 Å². The summed E-state index contributed by atoms with van der Waals surface area (Å²) < 4.78 is 0. The maximum atomic E-state index is 11.3. The number of nitrogens with one attached hydrogen (secondary N) is 1. The highest BCUT2D eigenvalue weighted by atomic mass is 16.3. The first-order valence-electron chi connectivity index (χ1n) is 7.02. The third-order valence-corrected chi connectivity index (χ3v) is 3.66. The van der Waals surface area contributed by atoms with Crippen LogP contribution in [0.25, 0.3) is 0 Å². The van der Waals surface area contributed by atoms with Gasteiger partial charge in [0.2, 0.25) is 5.91 Å². The molecule has 5 nitrogen and oxygen atoms in total. The zero-order valence-corrected chi connectivity index (χ0v) is 11.7. The molecule has 0 bridgehead atoms. The molecule has 0 radical (unpaired) electrons. The fraction of sp³-hybridized carbons (Fsp3) is 0.533. The van der Waals surface area contributed by atoms with Gasteiger partial charge in [0, 0.05) is 13.5 Å². The van der Waals surface area contributed by atoms with Crippen molar-refractivity contribution in [3.05, 3.63) is 29.8 Å². The normalized spacial score (nSPS) is 18.7. The number of hydrogen-bond acceptors (Lipinski definition) is 4. The Bertz CT molecular complexity index is 441. The maximum absolute atomic E-state index is 11.3. The molecule has 5 heteroatoms. The van der Waals surface area contributed by atoms with Crippen molar-refractivity contribution in [2.75, 3.05) is 19.6 Å². The number of carbonyl (C=O) groups is 1. The van der Waals surface area contributed by atoms with E-state index in [2.05, 4.69) is 10.2 Å². The van der Waals surface area contributed by atoms with Gasteiger partial charge in [0.05, 0.1) is 6.04 Å². The number of nitrogens with zero attached hydrogens (tertiary/aromatic N) is 1. The van der Waals surface area contributed by atoms with E-state index in [-0.39, 0.29) is 17.7 Å². The monoisotopic (exact) mass is 278 g/mol. The first kappa shape index (κ1) is 14.8. The highest BCUT2D eigenvalue weighted by molar-refractivity contribution is 5.73. The number of aliphatic hydroxyl groups excluding tert-OH is 1. The molecule has 3 N–H and O–H groups in total. The Morgan fingerprint density at radius 1 is 1.30 bits per heavy atom. The van der Waals surface area contributed by atoms with Gasteiger partial charge < -0.3 is 20.4 Å². The van der Waals surface area contributed by atoms with Crippen LogP contribution in [0, 0.1) is 0 Å². The van der Waals surface area contributed by atoms with Gasteiger partial charge in [-0.15, -0.1) is 0 Å². The summed E-state index contributed by atoms with van der Waals surface area (Å²) in [5.74, 6) is 0.0172. The number of phenols is 1. The van der Waals surface area contributed by atoms with Crippen molar-refractivity contribution in [2.45, 2.75) is 31.9 Å². The molecule has 1 fully saturated rings. The van der Waals surface area contributed by atoms with E-state index in [9.17, 15) is 15.0 Å². The molecule has 0 aromatic heterocycles. The smallest absolute Gasteiger partial charge is 0.217 e. The van der Waals surface area contributed by atoms with Gasteiger partial charge in [0.15, 0.2) is 0 Å². The molecule has 110 valence electrons. The van der Waals surface area contributed by atoms with Gasteiger partial charge in [-0.2, -0.15) is 0 Å². The summed E-state index contributed by atoms with van der Waals surface area (Å²) in [6.45, 7) is 4.12. The zero-order valence-electron chi connectivity index (χ0n) is 11.7. The lowest BCUT2D eigenvalue weighted by atomic mass is 10.0. The van der Waals surface area contributed by atoms with Crippen LogP contribution in [0.3, 0.4) is 0 Å². The average Bonchev–Trinajstić information content (AvgIpc) is 2.90. The minimum atomic E-state index is -0.778. The topological polar surface area (TPSA) is 72.8 Å². The summed E-state index contributed by atoms with van der Waals surface area (Å²) in [4.78, 5) is 13.6. The number of benzene rings is 1. The second-order valence-electron chi connectivity index (χ2n) is 5.35. The number of rotatable bonds is 5. The lowest BCUT2D eigenvalue weighted by Gasteiger charge is -2.28. The third-order valence-electron chi connectivity index (χ3n) is 3.66. The summed E-state index contributed by atoms with van der Waals surface area (Å²) in [5, 5.41) is 22.6. The first-order valence-corrected chi connectivity index (χ1v) is 7.02. The van der Waals surface area contributed by atoms with Gasteiger partial charge in [0.1, 0.15) is 11.9 Å². The number of aliphatic hydroxyl groups is 1. The van der Waals surface area contributed by atoms with Gasteiger partial charge in [0.25, 0.3) is 0 Å². The number of aromatic hydroxyl groups is 1. The second kappa shape index (κ2) is 6.72. The Hall–Kier alpha value is -1.59. The summed E-state index contributed by atoms with van der Waals surface area (Å²) >= 11 is 0. The van der Waals surface area contributed by atoms with Crippen molar-refractivity contribution < 1.29 is 15.0 Å². The molecule has 0 aliphatic carbocycles. The Labute approximate surface area is 119 Å². The SMILES string of the molecule is CC(=O)NC(CN1CCCC1)C(O)c1ccc(O)cc1. The zero-order chi connectivity index (χ0) is 14.5. The van der Waals surface area contributed by atoms with Crippen molar-refractivity contribution >= 4 is 5.91 Å². The predicted octanol–water partition coefficient (Wildman–Crippen LogP) is 1.03. The van der Waals surface area contributed by atoms with Crippen LogP contribution in [0.5, 0.6) is 5.75 Å². The average molecular weight is 278 g/mol. The van der Waals surface area contributed by atoms with Crippen molar-refractivity contribution in [3.8, 4) is 5.75 Å². The van der Waals surface area contributed by atoms with Crippen molar-refractivity contribution in [3.63, 3.8) is 0 Å². The predicted molar refractivity (Wildman–Crippen MR) is 76.3 cm³/mol. The molecule has 1 amide bonds. The second-order valence-corrected chi connectivity index (χ2v) is 5.35. The van der Waals surface area contributed by atoms with E-state index in [1.807, 2.05) is 0 Å². The van der Waals surface area contributed by atoms with Gasteiger partial charge >= 0.3 is 0 Å². The van der Waals surface area contributed by atoms with Crippen LogP contribution in [0.1, 0.15) is 31.4 Å². The quantitative estimate of drug-likeness (QED) is 0.752. The van der Waals surface area contributed by atoms with Crippen LogP contribution >= 0.6 is 0 Å². The van der Waals surface area contributed by atoms with Crippen LogP contribution in [0.2, 0.25) is 0 Å². The maximum Gasteiger partial charge on any atom is 0.217 e. The van der Waals surface area contributed by atoms with E-state index in [1.165, 1.54) is 19.8 Å². The lowest BCUT2D eigenvalue weighted by Crippen LogP contribution is -2.45. The molecule has 1 aromatic rings. The lowest BCUT2D eigenvalue weighted by molar-refractivity contribution is -0.120. The molecule has 1 aromatic carbocycles. The van der Waals surface area contributed by atoms with E-state index in [0.717, 1.165) is 13.1 Å². The largest absolute Gasteiger partial charge is 0.508 e. The van der Waals surface area contributed by atoms with E-state index in [4.69, 9.17) is 0 Å². The fourth-order valence-electron chi connectivity index (χ4n) is 2.63. The Balaban J connectivity index is 2.07. The standard InChI is InChI=1S/C15H22N2O3/c1-11(18)16-14(10-17-8-2-3-9-17)15(20)12-4-6-13(19)7-5-12/h4-7,14-15,19-20H,2-3,8-10H2,1H3,(H,16,18). The Morgan fingerprint density at radius 3 is 2.45 bits per heavy atom. The number of carbonyl (C=O) groups excluding carboxylic acids is 1. The first-order chi connectivity index (χ1) is 9.56. The molecular formula is C15H22N2O3. The van der Waals surface area contributed by atoms with E-state index in [1.54, 1.807) is 24.3 Å². The number of hydrogen-bond donors (Lipinski definition) is 3. The van der Waals surface area contributed by atoms with Crippen LogP contribution in [0.4, 0.5) is 0 Å². The molecule has 1 aliphatic heterocycles. The van der Waals surface area contributed by atoms with Crippen molar-refractivity contribution in [1.29, 1.82) is 0 Å². The molecule has 0 spiro atoms. The third kappa shape index (κ3) is 3.95. The molecule has 2 atom stereocenters. The summed E-state index contributed by atoms with van der Waals surface area (Å²) in [6.07, 6.45) is 1.56. The summed E-state index contributed by atoms with van der Waals surface area (Å²) in [6, 6.07) is 6.10. The number of phenolic OH excluding ortho intramolecular Hbond substituents is 1. The van der Waals surface area contributed by atoms with Crippen LogP contribution in [0.15, 0.2) is 24.3 Å². The molecule has 1 heterocycles. The molecular weight excluding hydrogens is 256 g/mol. The van der Waals surface area contributed by atoms with Crippen molar-refractivity contribution in [1.82, 2.24) is 10.2 Å². The summed E-state index contributed by atoms with van der Waals surface area (Å²) in [5.41, 5.74) is 0.695. The molecule has 2 rings (SSSR count). The van der Waals surface area contributed by atoms with E-state index in [0.29, 0.717) is 12.1 Å².